The van der Waals surface area contributed by atoms with Crippen LogP contribution in [-0.2, 0) is 87.5 Å². The standard InChI is InChI=1S/C28H28FN5O5.C27H22N4O6.C26H25FN4O5.C21H16FN3O4/c1-33-13-11-27(12-14-33,24(30)36)19-6-3-17(4-7-19)9-10-28(25(37)31-26(38)32-28)16-34-15-18-5-8-20(39-2)22(29)21(18)23(34)35;1-37-18-4-3-17-13-31(23(34)19(17)11-18)14-26(24(35)28-25(36)30-26)8-6-15-2-5-20-16(10-15)7-9-27(20)21(32)12-22(33)29-27;1-36-19-7-4-17-14-31(22(32)20(17)21(19)27)15-25(23(33)29-24(34)30-25)9-8-16-2-5-18(6-3-16)26(35)10-12-28-13-11-26;1-29-15-5-4-14-11-25(19(27)17(14)18(15)22)12-21(9-16(26)24-20(21)28)7-6-13-3-2-8-23-10-13/h3-8H,11-16H2,1-2H3,(H2,30,36)(H2,31,32,37,38);2-5,10-11H,7,9,12-14H2,1H3,(H,29,33)(H2,28,30,35,36);2-7,28,35H,10-15H2,1H3,(H2,29,30,33,34);2-5,8,10H,9,11-12H2,1H3,(H,24,26,28)/t28-;26-,27?;25-;21-/m1111/s1. The number of pyridine rings is 1. The summed E-state index contributed by atoms with van der Waals surface area (Å²) in [5.41, 5.74) is 4.55. The third kappa shape index (κ3) is 18.2. The van der Waals surface area contributed by atoms with Crippen LogP contribution in [0.1, 0.15) is 153 Å². The number of likely N-dealkylation sites (tertiary alicyclic amines) is 1. The third-order valence-electron chi connectivity index (χ3n) is 27.2. The van der Waals surface area contributed by atoms with Crippen molar-refractivity contribution >= 4 is 88.9 Å². The van der Waals surface area contributed by atoms with E-state index in [-0.39, 0.29) is 123 Å². The Morgan fingerprint density at radius 1 is 0.461 bits per heavy atom. The molecule has 7 aromatic carbocycles. The first kappa shape index (κ1) is 96.0. The van der Waals surface area contributed by atoms with Crippen LogP contribution >= 0.6 is 0 Å². The van der Waals surface area contributed by atoms with Crippen LogP contribution in [0.15, 0.2) is 146 Å². The number of piperidine rings is 2. The van der Waals surface area contributed by atoms with Gasteiger partial charge < -0.3 is 80.9 Å². The molecule has 5 atom stereocenters. The fraction of sp³-hybridized carbons (Fsp3) is 0.314. The Balaban J connectivity index is 0.000000130. The molecule has 12 heterocycles. The number of imide groups is 4. The second kappa shape index (κ2) is 38.0. The lowest BCUT2D eigenvalue weighted by Gasteiger charge is -2.38. The Hall–Kier alpha value is -16.8. The number of benzene rings is 7. The number of fused-ring (bicyclic) bond motifs is 6. The molecule has 12 N–H and O–H groups in total. The molecule has 141 heavy (non-hydrogen) atoms. The summed E-state index contributed by atoms with van der Waals surface area (Å²) in [6, 6.07) is 35.1. The first-order valence-corrected chi connectivity index (χ1v) is 44.8. The van der Waals surface area contributed by atoms with Crippen molar-refractivity contribution in [3.63, 3.8) is 0 Å². The predicted octanol–water partition coefficient (Wildman–Crippen LogP) is 3.64. The Labute approximate surface area is 803 Å². The zero-order valence-electron chi connectivity index (χ0n) is 76.6. The molecule has 12 aliphatic rings. The van der Waals surface area contributed by atoms with E-state index >= 15 is 0 Å². The molecule has 1 aromatic heterocycles. The number of primary amides is 1. The lowest BCUT2D eigenvalue weighted by Crippen LogP contribution is -2.54. The normalized spacial score (nSPS) is 22.6. The maximum Gasteiger partial charge on any atom is 0.323 e. The van der Waals surface area contributed by atoms with Crippen molar-refractivity contribution in [3.8, 4) is 70.4 Å². The van der Waals surface area contributed by atoms with Crippen LogP contribution in [0.2, 0.25) is 0 Å². The SMILES string of the molecule is COc1ccc2c(c1)C(=O)N(C[C@@]1(C#Cc3ccc4c(c3)CCC43NC(=O)CC3=O)NC(=O)NC1=O)C2.COc1ccc2c(c1F)C(=O)N(C[C@@]1(C#Cc3ccc(C4(C(N)=O)CCN(C)CC4)cc3)NC(=O)NC1=O)C2.COc1ccc2c(c1F)C(=O)N(C[C@@]1(C#Cc3ccc(C4(O)CCNCC4)cc3)NC(=O)NC1=O)C2.COc1ccc2c(c1F)C(=O)N(C[C@@]1(C#Cc3cccnc3)CC(=O)NC1=O)C2. The van der Waals surface area contributed by atoms with Crippen molar-refractivity contribution in [3.05, 3.63) is 252 Å². The molecule has 17 amide bonds. The Kier molecular flexibility index (Phi) is 25.8. The number of methoxy groups -OCH3 is 4. The van der Waals surface area contributed by atoms with E-state index in [1.54, 1.807) is 115 Å². The van der Waals surface area contributed by atoms with Gasteiger partial charge in [-0.05, 0) is 195 Å². The molecular formula is C102H91F3N16O20. The minimum Gasteiger partial charge on any atom is -0.497 e. The topological polar surface area (TPSA) is 477 Å². The number of carbonyl (C=O) groups is 15. The average Bonchev–Trinajstić information content (AvgIpc) is 1.57. The number of nitrogens with one attached hydrogen (secondary N) is 9. The monoisotopic (exact) mass is 1920 g/mol. The number of hydrogen-bond acceptors (Lipinski definition) is 23. The quantitative estimate of drug-likeness (QED) is 0.0302. The molecule has 1 spiro atoms. The highest BCUT2D eigenvalue weighted by molar-refractivity contribution is 6.14. The van der Waals surface area contributed by atoms with Gasteiger partial charge in [0.05, 0.1) is 88.6 Å². The number of halogens is 3. The molecular weight excluding hydrogens is 1830 g/mol. The molecule has 7 fully saturated rings. The van der Waals surface area contributed by atoms with Crippen molar-refractivity contribution < 1.29 is 109 Å². The molecule has 36 nitrogen and oxygen atoms in total. The highest BCUT2D eigenvalue weighted by Crippen LogP contribution is 2.44. The predicted molar refractivity (Wildman–Crippen MR) is 492 cm³/mol. The largest absolute Gasteiger partial charge is 0.497 e. The van der Waals surface area contributed by atoms with Crippen molar-refractivity contribution in [1.29, 1.82) is 0 Å². The summed E-state index contributed by atoms with van der Waals surface area (Å²) in [5.74, 6) is 15.3. The number of urea groups is 3. The molecule has 11 aliphatic heterocycles. The number of aromatic nitrogens is 1. The van der Waals surface area contributed by atoms with E-state index < -0.39 is 121 Å². The van der Waals surface area contributed by atoms with Gasteiger partial charge in [-0.3, -0.25) is 83.8 Å². The summed E-state index contributed by atoms with van der Waals surface area (Å²) in [6.45, 7) is 2.62. The molecule has 7 saturated heterocycles. The van der Waals surface area contributed by atoms with Crippen LogP contribution in [0.3, 0.4) is 0 Å². The van der Waals surface area contributed by atoms with Gasteiger partial charge in [-0.1, -0.05) is 102 Å². The zero-order valence-corrected chi connectivity index (χ0v) is 76.6. The number of nitrogens with zero attached hydrogens (tertiary/aromatic N) is 6. The van der Waals surface area contributed by atoms with Crippen LogP contribution in [-0.4, -0.2) is 228 Å². The molecule has 1 aliphatic carbocycles. The molecule has 20 rings (SSSR count). The minimum atomic E-state index is -1.74. The number of aliphatic hydroxyl groups is 1. The molecule has 0 bridgehead atoms. The second-order valence-corrected chi connectivity index (χ2v) is 35.9. The van der Waals surface area contributed by atoms with Crippen LogP contribution in [0.4, 0.5) is 27.6 Å². The number of Topliss-reactive ketones (excluding diaryl/α,β-unsaturated/α-hetero) is 1. The summed E-state index contributed by atoms with van der Waals surface area (Å²) < 4.78 is 64.2. The minimum absolute atomic E-state index is 0.0289. The first-order valence-electron chi connectivity index (χ1n) is 44.8. The fourth-order valence-corrected chi connectivity index (χ4v) is 19.5. The Morgan fingerprint density at radius 2 is 0.915 bits per heavy atom. The molecule has 720 valence electrons. The van der Waals surface area contributed by atoms with E-state index in [1.165, 1.54) is 72.4 Å². The molecule has 39 heteroatoms. The van der Waals surface area contributed by atoms with E-state index in [1.807, 2.05) is 13.1 Å². The number of amides is 17. The molecule has 0 radical (unpaired) electrons. The fourth-order valence-electron chi connectivity index (χ4n) is 19.5. The van der Waals surface area contributed by atoms with Crippen LogP contribution in [0.25, 0.3) is 0 Å². The van der Waals surface area contributed by atoms with Gasteiger partial charge in [-0.15, -0.1) is 0 Å². The van der Waals surface area contributed by atoms with Crippen LogP contribution in [0.5, 0.6) is 23.0 Å². The van der Waals surface area contributed by atoms with E-state index in [0.717, 1.165) is 54.0 Å². The molecule has 0 saturated carbocycles. The van der Waals surface area contributed by atoms with E-state index in [0.29, 0.717) is 88.8 Å². The van der Waals surface area contributed by atoms with Crippen molar-refractivity contribution in [1.82, 2.24) is 77.3 Å². The third-order valence-corrected chi connectivity index (χ3v) is 27.2. The summed E-state index contributed by atoms with van der Waals surface area (Å²) in [7, 11) is 7.45. The molecule has 8 aromatic rings. The van der Waals surface area contributed by atoms with Gasteiger partial charge in [0.15, 0.2) is 40.5 Å². The number of ketones is 1. The van der Waals surface area contributed by atoms with Gasteiger partial charge in [0.25, 0.3) is 41.4 Å². The van der Waals surface area contributed by atoms with E-state index in [4.69, 9.17) is 24.7 Å². The highest BCUT2D eigenvalue weighted by atomic mass is 19.1. The van der Waals surface area contributed by atoms with Crippen molar-refractivity contribution in [2.24, 2.45) is 11.1 Å². The summed E-state index contributed by atoms with van der Waals surface area (Å²) in [5, 5.41) is 33.5. The molecule has 1 unspecified atom stereocenters. The van der Waals surface area contributed by atoms with Gasteiger partial charge in [0, 0.05) is 72.9 Å². The lowest BCUT2D eigenvalue weighted by molar-refractivity contribution is -0.128. The lowest BCUT2D eigenvalue weighted by atomic mass is 9.72. The summed E-state index contributed by atoms with van der Waals surface area (Å²) in [6.07, 6.45) is 6.35. The van der Waals surface area contributed by atoms with Gasteiger partial charge in [-0.25, -0.2) is 27.6 Å². The maximum absolute atomic E-state index is 14.8. The van der Waals surface area contributed by atoms with Gasteiger partial charge in [0.2, 0.25) is 40.2 Å². The summed E-state index contributed by atoms with van der Waals surface area (Å²) >= 11 is 0. The first-order chi connectivity index (χ1) is 67.5. The van der Waals surface area contributed by atoms with Crippen molar-refractivity contribution in [2.75, 3.05) is 87.8 Å². The second-order valence-electron chi connectivity index (χ2n) is 35.9. The number of carbonyl (C=O) groups excluding carboxylic acids is 15. The number of nitrogens with two attached hydrogens (primary N) is 1. The maximum atomic E-state index is 14.8. The highest BCUT2D eigenvalue weighted by Gasteiger charge is 2.56. The average molecular weight is 1920 g/mol. The van der Waals surface area contributed by atoms with Gasteiger partial charge in [-0.2, -0.15) is 0 Å². The van der Waals surface area contributed by atoms with Crippen molar-refractivity contribution in [2.45, 2.75) is 111 Å². The number of hydrogen-bond donors (Lipinski definition) is 11. The Morgan fingerprint density at radius 3 is 1.35 bits per heavy atom. The van der Waals surface area contributed by atoms with Crippen LogP contribution < -0.4 is 72.5 Å². The summed E-state index contributed by atoms with van der Waals surface area (Å²) in [4.78, 5) is 200. The van der Waals surface area contributed by atoms with Crippen LogP contribution in [0, 0.1) is 70.2 Å². The zero-order chi connectivity index (χ0) is 100.0. The van der Waals surface area contributed by atoms with E-state index in [2.05, 4.69) is 105 Å². The smallest absolute Gasteiger partial charge is 0.323 e. The number of ether oxygens (including phenoxy) is 4. The Bertz CT molecular complexity index is 6980. The number of rotatable bonds is 15. The van der Waals surface area contributed by atoms with Gasteiger partial charge in [0.1, 0.15) is 16.7 Å². The van der Waals surface area contributed by atoms with Gasteiger partial charge >= 0.3 is 18.1 Å². The van der Waals surface area contributed by atoms with E-state index in [9.17, 15) is 90.2 Å². The number of aryl methyl sites for hydroxylation is 1.